The Hall–Kier alpha value is -0.220. The van der Waals surface area contributed by atoms with Gasteiger partial charge in [-0.3, -0.25) is 4.79 Å². The standard InChI is InChI=1S/C14H25NO2S/c1-14(2)6-7-18-9-12(14)15-11-5-3-4-10(8-11)13(16)17/h10-12,15H,3-9H2,1-2H3,(H,16,17). The fourth-order valence-electron chi connectivity index (χ4n) is 3.06. The summed E-state index contributed by atoms with van der Waals surface area (Å²) in [5, 5.41) is 12.9. The average molecular weight is 271 g/mol. The highest BCUT2D eigenvalue weighted by Gasteiger charge is 2.35. The van der Waals surface area contributed by atoms with Gasteiger partial charge in [-0.05, 0) is 36.9 Å². The lowest BCUT2D eigenvalue weighted by atomic mass is 9.80. The summed E-state index contributed by atoms with van der Waals surface area (Å²) in [6.07, 6.45) is 5.11. The number of aliphatic carboxylic acids is 1. The van der Waals surface area contributed by atoms with Crippen LogP contribution in [0.15, 0.2) is 0 Å². The first-order valence-corrected chi connectivity index (χ1v) is 8.21. The molecule has 3 atom stereocenters. The maximum Gasteiger partial charge on any atom is 0.306 e. The molecule has 2 N–H and O–H groups in total. The lowest BCUT2D eigenvalue weighted by molar-refractivity contribution is -0.143. The molecule has 1 saturated carbocycles. The fraction of sp³-hybridized carbons (Fsp3) is 0.929. The molecule has 4 heteroatoms. The van der Waals surface area contributed by atoms with Crippen molar-refractivity contribution in [3.63, 3.8) is 0 Å². The van der Waals surface area contributed by atoms with Crippen LogP contribution in [0, 0.1) is 11.3 Å². The Labute approximate surface area is 114 Å². The first kappa shape index (κ1) is 14.2. The van der Waals surface area contributed by atoms with E-state index in [1.807, 2.05) is 11.8 Å². The minimum atomic E-state index is -0.612. The molecule has 2 rings (SSSR count). The van der Waals surface area contributed by atoms with Gasteiger partial charge in [-0.1, -0.05) is 20.3 Å². The highest BCUT2D eigenvalue weighted by molar-refractivity contribution is 7.99. The molecule has 2 aliphatic rings. The minimum Gasteiger partial charge on any atom is -0.481 e. The summed E-state index contributed by atoms with van der Waals surface area (Å²) >= 11 is 2.02. The van der Waals surface area contributed by atoms with Gasteiger partial charge in [0.15, 0.2) is 0 Å². The SMILES string of the molecule is CC1(C)CCSCC1NC1CCCC(C(=O)O)C1. The van der Waals surface area contributed by atoms with E-state index < -0.39 is 5.97 Å². The molecule has 104 valence electrons. The van der Waals surface area contributed by atoms with Gasteiger partial charge < -0.3 is 10.4 Å². The largest absolute Gasteiger partial charge is 0.481 e. The smallest absolute Gasteiger partial charge is 0.306 e. The van der Waals surface area contributed by atoms with Crippen molar-refractivity contribution >= 4 is 17.7 Å². The third kappa shape index (κ3) is 3.41. The molecule has 1 heterocycles. The van der Waals surface area contributed by atoms with Crippen molar-refractivity contribution in [2.24, 2.45) is 11.3 Å². The molecule has 0 amide bonds. The van der Waals surface area contributed by atoms with Crippen LogP contribution in [0.3, 0.4) is 0 Å². The minimum absolute atomic E-state index is 0.129. The molecular weight excluding hydrogens is 246 g/mol. The van der Waals surface area contributed by atoms with Crippen LogP contribution < -0.4 is 5.32 Å². The van der Waals surface area contributed by atoms with Crippen LogP contribution in [-0.2, 0) is 4.79 Å². The van der Waals surface area contributed by atoms with Crippen molar-refractivity contribution in [2.45, 2.75) is 58.0 Å². The Morgan fingerprint density at radius 3 is 2.83 bits per heavy atom. The summed E-state index contributed by atoms with van der Waals surface area (Å²) in [6, 6.07) is 0.941. The molecule has 18 heavy (non-hydrogen) atoms. The molecule has 1 aliphatic heterocycles. The highest BCUT2D eigenvalue weighted by Crippen LogP contribution is 2.35. The van der Waals surface area contributed by atoms with E-state index in [0.29, 0.717) is 17.5 Å². The zero-order valence-electron chi connectivity index (χ0n) is 11.4. The topological polar surface area (TPSA) is 49.3 Å². The van der Waals surface area contributed by atoms with Gasteiger partial charge in [-0.2, -0.15) is 11.8 Å². The molecule has 0 bridgehead atoms. The van der Waals surface area contributed by atoms with E-state index in [0.717, 1.165) is 25.7 Å². The predicted molar refractivity (Wildman–Crippen MR) is 76.0 cm³/mol. The van der Waals surface area contributed by atoms with Crippen LogP contribution in [0.2, 0.25) is 0 Å². The van der Waals surface area contributed by atoms with Gasteiger partial charge in [0.05, 0.1) is 5.92 Å². The van der Waals surface area contributed by atoms with Crippen molar-refractivity contribution in [1.82, 2.24) is 5.32 Å². The van der Waals surface area contributed by atoms with Crippen molar-refractivity contribution in [1.29, 1.82) is 0 Å². The van der Waals surface area contributed by atoms with Gasteiger partial charge in [-0.25, -0.2) is 0 Å². The number of carboxylic acid groups (broad SMARTS) is 1. The third-order valence-corrected chi connectivity index (χ3v) is 5.64. The van der Waals surface area contributed by atoms with Crippen LogP contribution in [-0.4, -0.2) is 34.7 Å². The number of thioether (sulfide) groups is 1. The lowest BCUT2D eigenvalue weighted by Gasteiger charge is -2.42. The second kappa shape index (κ2) is 5.83. The van der Waals surface area contributed by atoms with Crippen molar-refractivity contribution < 1.29 is 9.90 Å². The van der Waals surface area contributed by atoms with Crippen LogP contribution in [0.5, 0.6) is 0 Å². The normalized spacial score (nSPS) is 36.2. The summed E-state index contributed by atoms with van der Waals surface area (Å²) in [4.78, 5) is 11.1. The molecular formula is C14H25NO2S. The molecule has 2 fully saturated rings. The summed E-state index contributed by atoms with van der Waals surface area (Å²) in [6.45, 7) is 4.67. The highest BCUT2D eigenvalue weighted by atomic mass is 32.2. The van der Waals surface area contributed by atoms with E-state index in [9.17, 15) is 4.79 Å². The lowest BCUT2D eigenvalue weighted by Crippen LogP contribution is -2.52. The first-order valence-electron chi connectivity index (χ1n) is 7.05. The number of carbonyl (C=O) groups is 1. The monoisotopic (exact) mass is 271 g/mol. The molecule has 0 aromatic heterocycles. The Bertz CT molecular complexity index is 306. The Morgan fingerprint density at radius 2 is 2.17 bits per heavy atom. The zero-order chi connectivity index (χ0) is 13.2. The van der Waals surface area contributed by atoms with Crippen molar-refractivity contribution in [3.8, 4) is 0 Å². The molecule has 3 nitrogen and oxygen atoms in total. The fourth-order valence-corrected chi connectivity index (χ4v) is 4.68. The Morgan fingerprint density at radius 1 is 1.39 bits per heavy atom. The van der Waals surface area contributed by atoms with Gasteiger partial charge in [0.2, 0.25) is 0 Å². The van der Waals surface area contributed by atoms with E-state index in [4.69, 9.17) is 5.11 Å². The molecule has 0 aromatic rings. The number of nitrogens with one attached hydrogen (secondary N) is 1. The molecule has 0 aromatic carbocycles. The maximum absolute atomic E-state index is 11.1. The first-order chi connectivity index (χ1) is 8.49. The van der Waals surface area contributed by atoms with E-state index in [2.05, 4.69) is 19.2 Å². The molecule has 3 unspecified atom stereocenters. The van der Waals surface area contributed by atoms with Crippen LogP contribution in [0.1, 0.15) is 46.0 Å². The number of hydrogen-bond donors (Lipinski definition) is 2. The van der Waals surface area contributed by atoms with E-state index >= 15 is 0 Å². The number of rotatable bonds is 3. The van der Waals surface area contributed by atoms with E-state index in [1.54, 1.807) is 0 Å². The Balaban J connectivity index is 1.90. The van der Waals surface area contributed by atoms with Gasteiger partial charge in [0, 0.05) is 17.8 Å². The van der Waals surface area contributed by atoms with E-state index in [1.165, 1.54) is 17.9 Å². The van der Waals surface area contributed by atoms with Gasteiger partial charge in [0.1, 0.15) is 0 Å². The van der Waals surface area contributed by atoms with Gasteiger partial charge in [0.25, 0.3) is 0 Å². The summed E-state index contributed by atoms with van der Waals surface area (Å²) in [7, 11) is 0. The average Bonchev–Trinajstić information content (AvgIpc) is 2.32. The summed E-state index contributed by atoms with van der Waals surface area (Å²) in [5.41, 5.74) is 0.349. The van der Waals surface area contributed by atoms with Gasteiger partial charge in [-0.15, -0.1) is 0 Å². The Kier molecular flexibility index (Phi) is 4.59. The van der Waals surface area contributed by atoms with E-state index in [-0.39, 0.29) is 5.92 Å². The summed E-state index contributed by atoms with van der Waals surface area (Å²) < 4.78 is 0. The van der Waals surface area contributed by atoms with Crippen molar-refractivity contribution in [2.75, 3.05) is 11.5 Å². The molecule has 1 aliphatic carbocycles. The van der Waals surface area contributed by atoms with Crippen molar-refractivity contribution in [3.05, 3.63) is 0 Å². The molecule has 0 spiro atoms. The quantitative estimate of drug-likeness (QED) is 0.828. The second-order valence-electron chi connectivity index (χ2n) is 6.43. The molecule has 1 saturated heterocycles. The second-order valence-corrected chi connectivity index (χ2v) is 7.58. The van der Waals surface area contributed by atoms with Crippen LogP contribution >= 0.6 is 11.8 Å². The predicted octanol–water partition coefficient (Wildman–Crippen LogP) is 2.75. The van der Waals surface area contributed by atoms with Crippen LogP contribution in [0.25, 0.3) is 0 Å². The number of hydrogen-bond acceptors (Lipinski definition) is 3. The molecule has 0 radical (unpaired) electrons. The maximum atomic E-state index is 11.1. The van der Waals surface area contributed by atoms with Crippen LogP contribution in [0.4, 0.5) is 0 Å². The number of carboxylic acids is 1. The van der Waals surface area contributed by atoms with Gasteiger partial charge >= 0.3 is 5.97 Å². The zero-order valence-corrected chi connectivity index (χ0v) is 12.3. The third-order valence-electron chi connectivity index (χ3n) is 4.58. The summed E-state index contributed by atoms with van der Waals surface area (Å²) in [5.74, 6) is 1.68.